The van der Waals surface area contributed by atoms with Gasteiger partial charge in [-0.05, 0) is 18.2 Å². The van der Waals surface area contributed by atoms with Gasteiger partial charge in [-0.2, -0.15) is 5.26 Å². The fourth-order valence-electron chi connectivity index (χ4n) is 2.49. The lowest BCUT2D eigenvalue weighted by molar-refractivity contribution is -0.113. The van der Waals surface area contributed by atoms with Crippen molar-refractivity contribution in [3.63, 3.8) is 0 Å². The molecule has 0 aliphatic carbocycles. The monoisotopic (exact) mass is 449 g/mol. The minimum absolute atomic E-state index is 0.0837. The molecule has 3 aromatic rings. The number of methoxy groups -OCH3 is 1. The topological polar surface area (TPSA) is 132 Å². The molecule has 1 amide bonds. The summed E-state index contributed by atoms with van der Waals surface area (Å²) in [6.07, 6.45) is 0. The van der Waals surface area contributed by atoms with Crippen LogP contribution in [-0.2, 0) is 9.53 Å². The van der Waals surface area contributed by atoms with Gasteiger partial charge in [-0.15, -0.1) is 23.1 Å². The number of H-pyrrole nitrogens is 1. The van der Waals surface area contributed by atoms with Gasteiger partial charge in [-0.3, -0.25) is 9.59 Å². The highest BCUT2D eigenvalue weighted by atomic mass is 35.5. The summed E-state index contributed by atoms with van der Waals surface area (Å²) >= 11 is 8.09. The normalized spacial score (nSPS) is 10.5. The summed E-state index contributed by atoms with van der Waals surface area (Å²) in [5, 5.41) is 22.3. The molecule has 0 aliphatic heterocycles. The predicted molar refractivity (Wildman–Crippen MR) is 111 cm³/mol. The lowest BCUT2D eigenvalue weighted by Gasteiger charge is -2.10. The number of benzene rings is 1. The highest BCUT2D eigenvalue weighted by Crippen LogP contribution is 2.39. The predicted octanol–water partition coefficient (Wildman–Crippen LogP) is 3.34. The largest absolute Gasteiger partial charge is 0.506 e. The zero-order valence-corrected chi connectivity index (χ0v) is 17.1. The molecule has 0 spiro atoms. The standard InChI is InChI=1S/C18H12ClN3O5S2/c1-27-17(26)9-3-2-8(19)4-11(9)21-14(25)7-28-18-10(6-20)15-16(29-18)12(23)5-13(24)22-15/h2-5H,7H2,1H3,(H,21,25)(H2,22,23,24). The van der Waals surface area contributed by atoms with E-state index in [-0.39, 0.29) is 33.8 Å². The molecule has 3 rings (SSSR count). The molecule has 0 saturated heterocycles. The Morgan fingerprint density at radius 3 is 2.86 bits per heavy atom. The summed E-state index contributed by atoms with van der Waals surface area (Å²) in [6, 6.07) is 7.38. The van der Waals surface area contributed by atoms with Gasteiger partial charge in [0.05, 0.1) is 38.5 Å². The molecule has 0 fully saturated rings. The van der Waals surface area contributed by atoms with Crippen LogP contribution in [0.1, 0.15) is 15.9 Å². The lowest BCUT2D eigenvalue weighted by atomic mass is 10.2. The van der Waals surface area contributed by atoms with Gasteiger partial charge in [0, 0.05) is 11.1 Å². The van der Waals surface area contributed by atoms with Crippen molar-refractivity contribution in [2.24, 2.45) is 0 Å². The average molecular weight is 450 g/mol. The highest BCUT2D eigenvalue weighted by Gasteiger charge is 2.19. The van der Waals surface area contributed by atoms with Crippen molar-refractivity contribution in [1.82, 2.24) is 4.98 Å². The second-order valence-electron chi connectivity index (χ2n) is 5.62. The Bertz CT molecular complexity index is 1230. The number of aromatic hydroxyl groups is 1. The third-order valence-electron chi connectivity index (χ3n) is 3.73. The molecule has 3 N–H and O–H groups in total. The number of fused-ring (bicyclic) bond motifs is 1. The number of amides is 1. The van der Waals surface area contributed by atoms with Gasteiger partial charge in [-0.25, -0.2) is 4.79 Å². The Balaban J connectivity index is 1.81. The van der Waals surface area contributed by atoms with E-state index < -0.39 is 17.4 Å². The SMILES string of the molecule is COC(=O)c1ccc(Cl)cc1NC(=O)CSc1sc2c(O)cc(=O)[nH]c2c1C#N. The van der Waals surface area contributed by atoms with E-state index >= 15 is 0 Å². The number of pyridine rings is 1. The van der Waals surface area contributed by atoms with Crippen LogP contribution in [0.15, 0.2) is 33.3 Å². The Hall–Kier alpha value is -3.00. The van der Waals surface area contributed by atoms with E-state index in [4.69, 9.17) is 11.6 Å². The first-order valence-corrected chi connectivity index (χ1v) is 10.1. The van der Waals surface area contributed by atoms with Crippen molar-refractivity contribution in [3.8, 4) is 11.8 Å². The molecule has 0 unspecified atom stereocenters. The van der Waals surface area contributed by atoms with E-state index in [0.29, 0.717) is 13.9 Å². The lowest BCUT2D eigenvalue weighted by Crippen LogP contribution is -2.17. The zero-order chi connectivity index (χ0) is 21.1. The first-order valence-electron chi connectivity index (χ1n) is 7.93. The van der Waals surface area contributed by atoms with Crippen LogP contribution in [0, 0.1) is 11.3 Å². The molecule has 0 radical (unpaired) electrons. The number of esters is 1. The van der Waals surface area contributed by atoms with E-state index in [2.05, 4.69) is 15.0 Å². The van der Waals surface area contributed by atoms with Gasteiger partial charge in [0.2, 0.25) is 5.91 Å². The first-order chi connectivity index (χ1) is 13.8. The number of thioether (sulfide) groups is 1. The summed E-state index contributed by atoms with van der Waals surface area (Å²) in [6.45, 7) is 0. The molecule has 0 saturated carbocycles. The molecule has 11 heteroatoms. The second-order valence-corrected chi connectivity index (χ2v) is 8.32. The number of hydrogen-bond acceptors (Lipinski definition) is 8. The number of aromatic amines is 1. The van der Waals surface area contributed by atoms with Crippen molar-refractivity contribution in [1.29, 1.82) is 5.26 Å². The Kier molecular flexibility index (Phi) is 6.12. The van der Waals surface area contributed by atoms with Crippen molar-refractivity contribution >= 4 is 62.5 Å². The van der Waals surface area contributed by atoms with Gasteiger partial charge >= 0.3 is 5.97 Å². The highest BCUT2D eigenvalue weighted by molar-refractivity contribution is 8.02. The Labute approximate surface area is 177 Å². The number of thiophene rings is 1. The number of anilines is 1. The minimum atomic E-state index is -0.625. The quantitative estimate of drug-likeness (QED) is 0.402. The first kappa shape index (κ1) is 20.7. The minimum Gasteiger partial charge on any atom is -0.506 e. The Morgan fingerprint density at radius 1 is 1.41 bits per heavy atom. The van der Waals surface area contributed by atoms with Crippen molar-refractivity contribution in [3.05, 3.63) is 50.8 Å². The number of nitriles is 1. The molecule has 1 aromatic carbocycles. The summed E-state index contributed by atoms with van der Waals surface area (Å²) in [5.41, 5.74) is 0.225. The van der Waals surface area contributed by atoms with Crippen LogP contribution in [0.5, 0.6) is 5.75 Å². The number of ether oxygens (including phenoxy) is 1. The molecular weight excluding hydrogens is 438 g/mol. The number of aromatic nitrogens is 1. The number of rotatable bonds is 5. The number of carbonyl (C=O) groups excluding carboxylic acids is 2. The number of carbonyl (C=O) groups is 2. The third kappa shape index (κ3) is 4.37. The van der Waals surface area contributed by atoms with Crippen LogP contribution in [0.25, 0.3) is 10.2 Å². The fourth-order valence-corrected chi connectivity index (χ4v) is 4.80. The van der Waals surface area contributed by atoms with Crippen LogP contribution < -0.4 is 10.9 Å². The third-order valence-corrected chi connectivity index (χ3v) is 6.45. The molecule has 29 heavy (non-hydrogen) atoms. The molecule has 0 aliphatic rings. The van der Waals surface area contributed by atoms with E-state index in [0.717, 1.165) is 29.2 Å². The van der Waals surface area contributed by atoms with Crippen molar-refractivity contribution in [2.45, 2.75) is 4.21 Å². The number of halogens is 1. The van der Waals surface area contributed by atoms with Crippen LogP contribution >= 0.6 is 34.7 Å². The van der Waals surface area contributed by atoms with Gasteiger partial charge in [0.15, 0.2) is 0 Å². The fraction of sp³-hybridized carbons (Fsp3) is 0.111. The molecule has 2 heterocycles. The molecule has 8 nitrogen and oxygen atoms in total. The molecule has 0 bridgehead atoms. The average Bonchev–Trinajstić information content (AvgIpc) is 3.03. The Morgan fingerprint density at radius 2 is 2.17 bits per heavy atom. The van der Waals surface area contributed by atoms with Crippen LogP contribution in [-0.4, -0.2) is 34.8 Å². The number of nitrogens with one attached hydrogen (secondary N) is 2. The van der Waals surface area contributed by atoms with Crippen molar-refractivity contribution < 1.29 is 19.4 Å². The molecule has 2 aromatic heterocycles. The number of nitrogens with zero attached hydrogens (tertiary/aromatic N) is 1. The molecular formula is C18H12ClN3O5S2. The number of hydrogen-bond donors (Lipinski definition) is 3. The van der Waals surface area contributed by atoms with E-state index in [1.54, 1.807) is 0 Å². The second kappa shape index (κ2) is 8.57. The smallest absolute Gasteiger partial charge is 0.339 e. The van der Waals surface area contributed by atoms with E-state index in [1.165, 1.54) is 25.3 Å². The van der Waals surface area contributed by atoms with Crippen LogP contribution in [0.4, 0.5) is 5.69 Å². The van der Waals surface area contributed by atoms with Crippen LogP contribution in [0.3, 0.4) is 0 Å². The van der Waals surface area contributed by atoms with Crippen molar-refractivity contribution in [2.75, 3.05) is 18.2 Å². The van der Waals surface area contributed by atoms with Gasteiger partial charge in [-0.1, -0.05) is 11.6 Å². The summed E-state index contributed by atoms with van der Waals surface area (Å²) in [5.74, 6) is -1.38. The molecule has 148 valence electrons. The summed E-state index contributed by atoms with van der Waals surface area (Å²) in [7, 11) is 1.23. The maximum atomic E-state index is 12.4. The van der Waals surface area contributed by atoms with Gasteiger partial charge < -0.3 is 20.1 Å². The van der Waals surface area contributed by atoms with E-state index in [1.807, 2.05) is 6.07 Å². The van der Waals surface area contributed by atoms with Gasteiger partial charge in [0.25, 0.3) is 5.56 Å². The molecule has 0 atom stereocenters. The van der Waals surface area contributed by atoms with E-state index in [9.17, 15) is 24.8 Å². The van der Waals surface area contributed by atoms with Crippen LogP contribution in [0.2, 0.25) is 5.02 Å². The van der Waals surface area contributed by atoms with Gasteiger partial charge in [0.1, 0.15) is 17.4 Å². The zero-order valence-electron chi connectivity index (χ0n) is 14.7. The maximum absolute atomic E-state index is 12.4. The maximum Gasteiger partial charge on any atom is 0.339 e. The summed E-state index contributed by atoms with van der Waals surface area (Å²) in [4.78, 5) is 38.3. The summed E-state index contributed by atoms with van der Waals surface area (Å²) < 4.78 is 5.51.